The Morgan fingerprint density at radius 1 is 1.46 bits per heavy atom. The molecule has 2 heterocycles. The molecule has 1 N–H and O–H groups in total. The lowest BCUT2D eigenvalue weighted by atomic mass is 10.1. The number of hydrogen-bond donors (Lipinski definition) is 1. The molecule has 8 nitrogen and oxygen atoms in total. The normalized spacial score (nSPS) is 19.8. The van der Waals surface area contributed by atoms with E-state index >= 15 is 0 Å². The van der Waals surface area contributed by atoms with Crippen molar-refractivity contribution in [1.29, 1.82) is 0 Å². The minimum atomic E-state index is -0.162. The van der Waals surface area contributed by atoms with Crippen LogP contribution in [-0.4, -0.2) is 61.0 Å². The molecule has 0 spiro atoms. The number of guanidine groups is 1. The van der Waals surface area contributed by atoms with Gasteiger partial charge in [0.1, 0.15) is 6.10 Å². The maximum Gasteiger partial charge on any atom is 0.246 e. The van der Waals surface area contributed by atoms with E-state index in [1.807, 2.05) is 20.8 Å². The van der Waals surface area contributed by atoms with E-state index in [-0.39, 0.29) is 6.10 Å². The van der Waals surface area contributed by atoms with Gasteiger partial charge in [-0.15, -0.1) is 0 Å². The van der Waals surface area contributed by atoms with Crippen LogP contribution >= 0.6 is 0 Å². The fourth-order valence-electron chi connectivity index (χ4n) is 2.76. The number of hydrogen-bond acceptors (Lipinski definition) is 6. The van der Waals surface area contributed by atoms with E-state index in [9.17, 15) is 0 Å². The van der Waals surface area contributed by atoms with E-state index in [1.54, 1.807) is 7.05 Å². The number of nitrogens with zero attached hydrogens (tertiary/aromatic N) is 4. The van der Waals surface area contributed by atoms with Gasteiger partial charge in [0.15, 0.2) is 11.8 Å². The lowest BCUT2D eigenvalue weighted by molar-refractivity contribution is 0.0683. The van der Waals surface area contributed by atoms with Gasteiger partial charge in [-0.05, 0) is 27.2 Å². The van der Waals surface area contributed by atoms with E-state index < -0.39 is 0 Å². The fourth-order valence-corrected chi connectivity index (χ4v) is 2.76. The summed E-state index contributed by atoms with van der Waals surface area (Å²) in [6.45, 7) is 10.5. The second-order valence-corrected chi connectivity index (χ2v) is 5.80. The van der Waals surface area contributed by atoms with Crippen LogP contribution < -0.4 is 5.32 Å². The highest BCUT2D eigenvalue weighted by Gasteiger charge is 2.25. The molecule has 1 aromatic heterocycles. The summed E-state index contributed by atoms with van der Waals surface area (Å²) in [6.07, 6.45) is 0.960. The molecule has 8 heteroatoms. The summed E-state index contributed by atoms with van der Waals surface area (Å²) in [5.41, 5.74) is 0. The van der Waals surface area contributed by atoms with Crippen molar-refractivity contribution in [3.05, 3.63) is 11.7 Å². The number of likely N-dealkylation sites (tertiary alicyclic amines) is 1. The van der Waals surface area contributed by atoms with E-state index in [0.717, 1.165) is 38.7 Å². The smallest absolute Gasteiger partial charge is 0.246 e. The molecular formula is C16H29N5O3. The summed E-state index contributed by atoms with van der Waals surface area (Å²) in [4.78, 5) is 10.9. The van der Waals surface area contributed by atoms with Gasteiger partial charge in [0.05, 0.1) is 13.2 Å². The van der Waals surface area contributed by atoms with Crippen molar-refractivity contribution in [2.75, 3.05) is 40.0 Å². The molecule has 1 saturated heterocycles. The van der Waals surface area contributed by atoms with Crippen LogP contribution in [-0.2, 0) is 16.0 Å². The van der Waals surface area contributed by atoms with Crippen molar-refractivity contribution in [2.24, 2.45) is 10.9 Å². The maximum absolute atomic E-state index is 5.52. The van der Waals surface area contributed by atoms with Gasteiger partial charge >= 0.3 is 0 Å². The number of nitrogens with one attached hydrogen (secondary N) is 1. The topological polar surface area (TPSA) is 85.0 Å². The van der Waals surface area contributed by atoms with Gasteiger partial charge in [0.25, 0.3) is 0 Å². The van der Waals surface area contributed by atoms with Crippen molar-refractivity contribution in [3.63, 3.8) is 0 Å². The van der Waals surface area contributed by atoms with Gasteiger partial charge in [-0.25, -0.2) is 0 Å². The first-order valence-corrected chi connectivity index (χ1v) is 8.65. The average molecular weight is 339 g/mol. The lowest BCUT2D eigenvalue weighted by Crippen LogP contribution is -2.40. The van der Waals surface area contributed by atoms with Gasteiger partial charge < -0.3 is 24.2 Å². The molecule has 136 valence electrons. The maximum atomic E-state index is 5.52. The number of rotatable bonds is 8. The Kier molecular flexibility index (Phi) is 7.45. The fraction of sp³-hybridized carbons (Fsp3) is 0.812. The molecule has 24 heavy (non-hydrogen) atoms. The summed E-state index contributed by atoms with van der Waals surface area (Å²) < 4.78 is 16.3. The predicted octanol–water partition coefficient (Wildman–Crippen LogP) is 1.60. The van der Waals surface area contributed by atoms with Crippen molar-refractivity contribution < 1.29 is 14.0 Å². The van der Waals surface area contributed by atoms with Crippen LogP contribution in [0.2, 0.25) is 0 Å². The zero-order valence-electron chi connectivity index (χ0n) is 15.1. The molecule has 0 amide bonds. The highest BCUT2D eigenvalue weighted by molar-refractivity contribution is 5.80. The number of aromatic nitrogens is 2. The van der Waals surface area contributed by atoms with E-state index in [0.29, 0.717) is 30.8 Å². The molecule has 0 bridgehead atoms. The van der Waals surface area contributed by atoms with E-state index in [4.69, 9.17) is 14.0 Å². The second-order valence-electron chi connectivity index (χ2n) is 5.80. The van der Waals surface area contributed by atoms with Crippen LogP contribution in [0.15, 0.2) is 9.52 Å². The third-order valence-corrected chi connectivity index (χ3v) is 4.02. The Morgan fingerprint density at radius 2 is 2.29 bits per heavy atom. The number of aliphatic imine (C=N–C) groups is 1. The first-order chi connectivity index (χ1) is 11.7. The Balaban J connectivity index is 1.82. The molecule has 0 aliphatic carbocycles. The van der Waals surface area contributed by atoms with E-state index in [2.05, 4.69) is 25.3 Å². The minimum absolute atomic E-state index is 0.162. The van der Waals surface area contributed by atoms with Gasteiger partial charge in [-0.1, -0.05) is 5.16 Å². The summed E-state index contributed by atoms with van der Waals surface area (Å²) in [7, 11) is 1.79. The molecule has 2 unspecified atom stereocenters. The zero-order chi connectivity index (χ0) is 17.4. The molecule has 0 radical (unpaired) electrons. The molecule has 1 aliphatic heterocycles. The highest BCUT2D eigenvalue weighted by Crippen LogP contribution is 2.17. The van der Waals surface area contributed by atoms with Crippen molar-refractivity contribution in [1.82, 2.24) is 20.4 Å². The van der Waals surface area contributed by atoms with Crippen LogP contribution in [0.5, 0.6) is 0 Å². The molecule has 0 aromatic carbocycles. The summed E-state index contributed by atoms with van der Waals surface area (Å²) in [5.74, 6) is 2.52. The third-order valence-electron chi connectivity index (χ3n) is 4.02. The van der Waals surface area contributed by atoms with Crippen molar-refractivity contribution >= 4 is 5.96 Å². The Morgan fingerprint density at radius 3 is 3.00 bits per heavy atom. The Bertz CT molecular complexity index is 520. The molecule has 1 aliphatic rings. The quantitative estimate of drug-likeness (QED) is 0.569. The zero-order valence-corrected chi connectivity index (χ0v) is 15.1. The van der Waals surface area contributed by atoms with Gasteiger partial charge in [0, 0.05) is 39.3 Å². The molecule has 2 atom stereocenters. The van der Waals surface area contributed by atoms with Crippen LogP contribution in [0.3, 0.4) is 0 Å². The van der Waals surface area contributed by atoms with Crippen LogP contribution in [0, 0.1) is 5.92 Å². The first-order valence-electron chi connectivity index (χ1n) is 8.65. The van der Waals surface area contributed by atoms with Gasteiger partial charge in [0.2, 0.25) is 5.89 Å². The number of ether oxygens (including phenoxy) is 2. The SMILES string of the molecule is CCOCC1CCN(C(=NC)NCc2nc(C(C)OCC)no2)C1. The summed E-state index contributed by atoms with van der Waals surface area (Å²) in [5, 5.41) is 7.25. The second kappa shape index (κ2) is 9.58. The van der Waals surface area contributed by atoms with E-state index in [1.165, 1.54) is 0 Å². The van der Waals surface area contributed by atoms with Crippen LogP contribution in [0.4, 0.5) is 0 Å². The van der Waals surface area contributed by atoms with Gasteiger partial charge in [-0.3, -0.25) is 4.99 Å². The van der Waals surface area contributed by atoms with Gasteiger partial charge in [-0.2, -0.15) is 4.98 Å². The third kappa shape index (κ3) is 5.17. The van der Waals surface area contributed by atoms with Crippen molar-refractivity contribution in [2.45, 2.75) is 39.8 Å². The Hall–Kier alpha value is -1.67. The largest absolute Gasteiger partial charge is 0.381 e. The minimum Gasteiger partial charge on any atom is -0.381 e. The first kappa shape index (κ1) is 18.7. The monoisotopic (exact) mass is 339 g/mol. The van der Waals surface area contributed by atoms with Crippen molar-refractivity contribution in [3.8, 4) is 0 Å². The lowest BCUT2D eigenvalue weighted by Gasteiger charge is -2.21. The summed E-state index contributed by atoms with van der Waals surface area (Å²) in [6, 6.07) is 0. The summed E-state index contributed by atoms with van der Waals surface area (Å²) >= 11 is 0. The Labute approximate surface area is 143 Å². The molecule has 2 rings (SSSR count). The molecule has 1 aromatic rings. The van der Waals surface area contributed by atoms with Crippen LogP contribution in [0.25, 0.3) is 0 Å². The predicted molar refractivity (Wildman–Crippen MR) is 90.7 cm³/mol. The van der Waals surface area contributed by atoms with Crippen LogP contribution in [0.1, 0.15) is 45.0 Å². The molecule has 1 fully saturated rings. The standard InChI is InChI=1S/C16H29N5O3/c1-5-22-11-13-7-8-21(10-13)16(17-4)18-9-14-19-15(20-24-14)12(3)23-6-2/h12-13H,5-11H2,1-4H3,(H,17,18). The highest BCUT2D eigenvalue weighted by atomic mass is 16.5. The average Bonchev–Trinajstić information content (AvgIpc) is 3.23. The molecular weight excluding hydrogens is 310 g/mol. The molecule has 0 saturated carbocycles.